The van der Waals surface area contributed by atoms with E-state index < -0.39 is 5.97 Å². The molecule has 0 atom stereocenters. The second-order valence-electron chi connectivity index (χ2n) is 7.38. The fraction of sp³-hybridized carbons (Fsp3) is 0.231. The van der Waals surface area contributed by atoms with Crippen LogP contribution in [0, 0.1) is 0 Å². The van der Waals surface area contributed by atoms with Crippen LogP contribution in [0.1, 0.15) is 48.7 Å². The molecule has 0 aliphatic carbocycles. The minimum absolute atomic E-state index is 0.0425. The summed E-state index contributed by atoms with van der Waals surface area (Å²) >= 11 is 0. The van der Waals surface area contributed by atoms with E-state index in [1.165, 1.54) is 6.08 Å². The van der Waals surface area contributed by atoms with Gasteiger partial charge in [-0.25, -0.2) is 9.78 Å². The predicted octanol–water partition coefficient (Wildman–Crippen LogP) is 5.19. The van der Waals surface area contributed by atoms with Crippen molar-refractivity contribution in [3.05, 3.63) is 78.0 Å². The Bertz CT molecular complexity index is 1120. The average Bonchev–Trinajstić information content (AvgIpc) is 2.81. The summed E-state index contributed by atoms with van der Waals surface area (Å²) in [7, 11) is 0. The molecule has 0 saturated heterocycles. The highest BCUT2D eigenvalue weighted by Crippen LogP contribution is 2.13. The Hall–Kier alpha value is -3.80. The van der Waals surface area contributed by atoms with Crippen LogP contribution in [-0.4, -0.2) is 29.3 Å². The molecule has 0 unspecified atom stereocenters. The Morgan fingerprint density at radius 2 is 1.75 bits per heavy atom. The van der Waals surface area contributed by atoms with Gasteiger partial charge in [-0.05, 0) is 48.9 Å². The van der Waals surface area contributed by atoms with Gasteiger partial charge in [-0.3, -0.25) is 9.59 Å². The van der Waals surface area contributed by atoms with Crippen LogP contribution in [0.4, 0.5) is 5.69 Å². The lowest BCUT2D eigenvalue weighted by Gasteiger charge is -2.06. The summed E-state index contributed by atoms with van der Waals surface area (Å²) in [4.78, 5) is 40.6. The monoisotopic (exact) mass is 430 g/mol. The summed E-state index contributed by atoms with van der Waals surface area (Å²) in [5.74, 6) is -0.986. The van der Waals surface area contributed by atoms with Gasteiger partial charge in [0.25, 0.3) is 0 Å². The number of esters is 1. The molecule has 0 saturated carbocycles. The number of pyridine rings is 1. The minimum atomic E-state index is -0.621. The molecule has 32 heavy (non-hydrogen) atoms. The van der Waals surface area contributed by atoms with Gasteiger partial charge in [0, 0.05) is 29.1 Å². The molecule has 0 bridgehead atoms. The number of carbonyl (C=O) groups excluding carboxylic acids is 3. The third-order valence-corrected chi connectivity index (χ3v) is 4.85. The second-order valence-corrected chi connectivity index (χ2v) is 7.38. The lowest BCUT2D eigenvalue weighted by Crippen LogP contribution is -2.13. The normalized spacial score (nSPS) is 10.9. The smallest absolute Gasteiger partial charge is 0.331 e. The highest BCUT2D eigenvalue weighted by molar-refractivity contribution is 5.99. The summed E-state index contributed by atoms with van der Waals surface area (Å²) in [6.07, 6.45) is 6.22. The zero-order chi connectivity index (χ0) is 22.8. The summed E-state index contributed by atoms with van der Waals surface area (Å²) in [5, 5.41) is 3.82. The van der Waals surface area contributed by atoms with Gasteiger partial charge in [0.05, 0.1) is 11.2 Å². The molecule has 1 N–H and O–H groups in total. The van der Waals surface area contributed by atoms with Gasteiger partial charge in [-0.1, -0.05) is 44.0 Å². The minimum Gasteiger partial charge on any atom is -0.454 e. The molecule has 3 aromatic rings. The third-order valence-electron chi connectivity index (χ3n) is 4.85. The third kappa shape index (κ3) is 6.87. The number of fused-ring (bicyclic) bond motifs is 1. The summed E-state index contributed by atoms with van der Waals surface area (Å²) in [6.45, 7) is 1.72. The number of ether oxygens (including phenoxy) is 1. The molecular formula is C26H26N2O4. The van der Waals surface area contributed by atoms with Crippen molar-refractivity contribution in [2.24, 2.45) is 0 Å². The van der Waals surface area contributed by atoms with Crippen LogP contribution in [0.2, 0.25) is 0 Å². The van der Waals surface area contributed by atoms with Crippen LogP contribution in [0.25, 0.3) is 17.0 Å². The number of carbonyl (C=O) groups is 3. The molecule has 0 radical (unpaired) electrons. The van der Waals surface area contributed by atoms with E-state index in [0.717, 1.165) is 30.2 Å². The first-order chi connectivity index (χ1) is 15.5. The largest absolute Gasteiger partial charge is 0.454 e. The van der Waals surface area contributed by atoms with Gasteiger partial charge in [0.1, 0.15) is 0 Å². The van der Waals surface area contributed by atoms with Crippen molar-refractivity contribution in [3.8, 4) is 0 Å². The van der Waals surface area contributed by atoms with E-state index in [1.807, 2.05) is 30.3 Å². The van der Waals surface area contributed by atoms with E-state index in [2.05, 4.69) is 17.2 Å². The van der Waals surface area contributed by atoms with E-state index in [-0.39, 0.29) is 18.3 Å². The van der Waals surface area contributed by atoms with Crippen molar-refractivity contribution in [2.75, 3.05) is 11.9 Å². The molecule has 6 heteroatoms. The number of ketones is 1. The van der Waals surface area contributed by atoms with Crippen molar-refractivity contribution in [2.45, 2.75) is 32.6 Å². The first-order valence-corrected chi connectivity index (χ1v) is 10.7. The SMILES string of the molecule is CCCCCC(=O)Nc1ccc(C(=O)COC(=O)/C=C/c2ccc3ccccc3n2)cc1. The summed E-state index contributed by atoms with van der Waals surface area (Å²) in [6, 6.07) is 18.0. The molecule has 0 aliphatic heterocycles. The molecule has 1 amide bonds. The zero-order valence-electron chi connectivity index (χ0n) is 18.0. The number of Topliss-reactive ketones (excluding diaryl/α,β-unsaturated/α-hetero) is 1. The number of aromatic nitrogens is 1. The molecule has 164 valence electrons. The molecule has 1 aromatic heterocycles. The number of nitrogens with one attached hydrogen (secondary N) is 1. The van der Waals surface area contributed by atoms with Gasteiger partial charge in [0.15, 0.2) is 12.4 Å². The molecule has 0 fully saturated rings. The summed E-state index contributed by atoms with van der Waals surface area (Å²) < 4.78 is 5.04. The zero-order valence-corrected chi connectivity index (χ0v) is 18.0. The standard InChI is InChI=1S/C26H26N2O4/c1-2-3-4-9-25(30)28-22-14-11-20(12-15-22)24(29)18-32-26(31)17-16-21-13-10-19-7-5-6-8-23(19)27-21/h5-8,10-17H,2-4,9,18H2,1H3,(H,28,30)/b17-16+. The Morgan fingerprint density at radius 1 is 0.969 bits per heavy atom. The van der Waals surface area contributed by atoms with Crippen LogP contribution in [0.3, 0.4) is 0 Å². The maximum absolute atomic E-state index is 12.3. The average molecular weight is 431 g/mol. The number of nitrogens with zero attached hydrogens (tertiary/aromatic N) is 1. The highest BCUT2D eigenvalue weighted by atomic mass is 16.5. The lowest BCUT2D eigenvalue weighted by molar-refractivity contribution is -0.136. The molecule has 0 aliphatic rings. The van der Waals surface area contributed by atoms with Crippen molar-refractivity contribution < 1.29 is 19.1 Å². The predicted molar refractivity (Wildman–Crippen MR) is 125 cm³/mol. The molecular weight excluding hydrogens is 404 g/mol. The van der Waals surface area contributed by atoms with E-state index in [4.69, 9.17) is 4.74 Å². The Labute approximate surface area is 187 Å². The number of rotatable bonds is 10. The topological polar surface area (TPSA) is 85.4 Å². The number of unbranched alkanes of at least 4 members (excludes halogenated alkanes) is 2. The molecule has 3 rings (SSSR count). The number of hydrogen-bond donors (Lipinski definition) is 1. The summed E-state index contributed by atoms with van der Waals surface area (Å²) in [5.41, 5.74) is 2.49. The second kappa shape index (κ2) is 11.6. The van der Waals surface area contributed by atoms with E-state index in [9.17, 15) is 14.4 Å². The maximum atomic E-state index is 12.3. The van der Waals surface area contributed by atoms with Crippen molar-refractivity contribution in [1.82, 2.24) is 4.98 Å². The highest BCUT2D eigenvalue weighted by Gasteiger charge is 2.09. The van der Waals surface area contributed by atoms with Gasteiger partial charge in [-0.15, -0.1) is 0 Å². The van der Waals surface area contributed by atoms with Crippen molar-refractivity contribution in [3.63, 3.8) is 0 Å². The van der Waals surface area contributed by atoms with Crippen molar-refractivity contribution >= 4 is 40.3 Å². The van der Waals surface area contributed by atoms with E-state index in [1.54, 1.807) is 36.4 Å². The first-order valence-electron chi connectivity index (χ1n) is 10.7. The number of para-hydroxylation sites is 1. The Morgan fingerprint density at radius 3 is 2.53 bits per heavy atom. The molecule has 0 spiro atoms. The van der Waals surface area contributed by atoms with Gasteiger partial charge in [-0.2, -0.15) is 0 Å². The number of benzene rings is 2. The van der Waals surface area contributed by atoms with Gasteiger partial charge >= 0.3 is 5.97 Å². The molecule has 6 nitrogen and oxygen atoms in total. The molecule has 1 heterocycles. The van der Waals surface area contributed by atoms with E-state index >= 15 is 0 Å². The van der Waals surface area contributed by atoms with Crippen LogP contribution in [0.5, 0.6) is 0 Å². The lowest BCUT2D eigenvalue weighted by atomic mass is 10.1. The van der Waals surface area contributed by atoms with Crippen LogP contribution in [0.15, 0.2) is 66.7 Å². The Kier molecular flexibility index (Phi) is 8.26. The van der Waals surface area contributed by atoms with Gasteiger partial charge < -0.3 is 10.1 Å². The fourth-order valence-corrected chi connectivity index (χ4v) is 3.09. The quantitative estimate of drug-likeness (QED) is 0.207. The number of anilines is 1. The van der Waals surface area contributed by atoms with Crippen molar-refractivity contribution in [1.29, 1.82) is 0 Å². The van der Waals surface area contributed by atoms with Gasteiger partial charge in [0.2, 0.25) is 5.91 Å². The first kappa shape index (κ1) is 22.9. The van der Waals surface area contributed by atoms with E-state index in [0.29, 0.717) is 23.4 Å². The van der Waals surface area contributed by atoms with Crippen LogP contribution in [-0.2, 0) is 14.3 Å². The van der Waals surface area contributed by atoms with Crippen LogP contribution < -0.4 is 5.32 Å². The number of hydrogen-bond acceptors (Lipinski definition) is 5. The Balaban J connectivity index is 1.47. The fourth-order valence-electron chi connectivity index (χ4n) is 3.09. The maximum Gasteiger partial charge on any atom is 0.331 e. The number of amides is 1. The molecule has 2 aromatic carbocycles. The van der Waals surface area contributed by atoms with Crippen LogP contribution >= 0.6 is 0 Å².